The molecule has 0 bridgehead atoms. The second-order valence-electron chi connectivity index (χ2n) is 6.01. The Labute approximate surface area is 110 Å². The van der Waals surface area contributed by atoms with Gasteiger partial charge in [0, 0.05) is 13.1 Å². The monoisotopic (exact) mass is 253 g/mol. The van der Waals surface area contributed by atoms with Crippen molar-refractivity contribution in [3.63, 3.8) is 0 Å². The Bertz CT molecular complexity index is 287. The molecule has 2 N–H and O–H groups in total. The lowest BCUT2D eigenvalue weighted by Gasteiger charge is -2.35. The van der Waals surface area contributed by atoms with Gasteiger partial charge in [0.2, 0.25) is 5.91 Å². The molecule has 2 fully saturated rings. The van der Waals surface area contributed by atoms with Gasteiger partial charge in [-0.1, -0.05) is 6.92 Å². The van der Waals surface area contributed by atoms with E-state index in [1.807, 2.05) is 0 Å². The summed E-state index contributed by atoms with van der Waals surface area (Å²) in [5, 5.41) is 6.56. The van der Waals surface area contributed by atoms with Gasteiger partial charge in [0.25, 0.3) is 0 Å². The van der Waals surface area contributed by atoms with E-state index in [0.717, 1.165) is 45.4 Å². The Hall–Kier alpha value is -0.610. The number of hydrogen-bond donors (Lipinski definition) is 2. The first-order valence-corrected chi connectivity index (χ1v) is 7.34. The van der Waals surface area contributed by atoms with Crippen LogP contribution in [0.15, 0.2) is 0 Å². The fourth-order valence-electron chi connectivity index (χ4n) is 3.26. The first kappa shape index (κ1) is 13.8. The third kappa shape index (κ3) is 3.04. The van der Waals surface area contributed by atoms with Crippen LogP contribution in [0.3, 0.4) is 0 Å². The average Bonchev–Trinajstić information content (AvgIpc) is 2.82. The van der Waals surface area contributed by atoms with Crippen LogP contribution in [0, 0.1) is 11.3 Å². The number of carbonyl (C=O) groups is 1. The van der Waals surface area contributed by atoms with E-state index < -0.39 is 0 Å². The van der Waals surface area contributed by atoms with Crippen LogP contribution in [0.25, 0.3) is 0 Å². The van der Waals surface area contributed by atoms with Crippen LogP contribution in [0.1, 0.15) is 32.6 Å². The van der Waals surface area contributed by atoms with Crippen molar-refractivity contribution in [2.45, 2.75) is 32.6 Å². The van der Waals surface area contributed by atoms with Crippen molar-refractivity contribution < 1.29 is 4.79 Å². The van der Waals surface area contributed by atoms with Crippen LogP contribution in [-0.2, 0) is 4.79 Å². The number of likely N-dealkylation sites (tertiary alicyclic amines) is 1. The standard InChI is InChI=1S/C14H27N3O/c1-3-14(5-7-15-8-6-14)13(18)16-10-12-4-9-17(2)11-12/h12,15H,3-11H2,1-2H3,(H,16,18). The van der Waals surface area contributed by atoms with E-state index in [0.29, 0.717) is 11.8 Å². The summed E-state index contributed by atoms with van der Waals surface area (Å²) in [6, 6.07) is 0. The van der Waals surface area contributed by atoms with Crippen LogP contribution < -0.4 is 10.6 Å². The molecule has 4 heteroatoms. The molecule has 0 spiro atoms. The largest absolute Gasteiger partial charge is 0.355 e. The third-order valence-electron chi connectivity index (χ3n) is 4.76. The van der Waals surface area contributed by atoms with Crippen molar-refractivity contribution >= 4 is 5.91 Å². The van der Waals surface area contributed by atoms with E-state index in [1.165, 1.54) is 13.0 Å². The molecule has 0 saturated carbocycles. The van der Waals surface area contributed by atoms with Crippen LogP contribution >= 0.6 is 0 Å². The molecule has 104 valence electrons. The molecule has 2 heterocycles. The lowest BCUT2D eigenvalue weighted by atomic mass is 9.76. The molecule has 0 aromatic heterocycles. The van der Waals surface area contributed by atoms with E-state index in [2.05, 4.69) is 29.5 Å². The molecule has 0 aromatic carbocycles. The molecule has 18 heavy (non-hydrogen) atoms. The maximum Gasteiger partial charge on any atom is 0.226 e. The number of piperidine rings is 1. The van der Waals surface area contributed by atoms with E-state index in [4.69, 9.17) is 0 Å². The maximum absolute atomic E-state index is 12.4. The summed E-state index contributed by atoms with van der Waals surface area (Å²) >= 11 is 0. The number of nitrogens with one attached hydrogen (secondary N) is 2. The topological polar surface area (TPSA) is 44.4 Å². The Morgan fingerprint density at radius 1 is 1.44 bits per heavy atom. The highest BCUT2D eigenvalue weighted by Gasteiger charge is 2.37. The van der Waals surface area contributed by atoms with Gasteiger partial charge in [-0.3, -0.25) is 4.79 Å². The van der Waals surface area contributed by atoms with E-state index in [1.54, 1.807) is 0 Å². The molecule has 4 nitrogen and oxygen atoms in total. The fraction of sp³-hybridized carbons (Fsp3) is 0.929. The van der Waals surface area contributed by atoms with Crippen LogP contribution in [0.5, 0.6) is 0 Å². The second-order valence-corrected chi connectivity index (χ2v) is 6.01. The summed E-state index contributed by atoms with van der Waals surface area (Å²) in [4.78, 5) is 14.8. The Balaban J connectivity index is 1.82. The van der Waals surface area contributed by atoms with Crippen molar-refractivity contribution in [1.82, 2.24) is 15.5 Å². The summed E-state index contributed by atoms with van der Waals surface area (Å²) < 4.78 is 0. The SMILES string of the molecule is CCC1(C(=O)NCC2CCN(C)C2)CCNCC1. The number of carbonyl (C=O) groups excluding carboxylic acids is 1. The normalized spacial score (nSPS) is 28.2. The van der Waals surface area contributed by atoms with Gasteiger partial charge in [-0.25, -0.2) is 0 Å². The molecule has 0 aliphatic carbocycles. The smallest absolute Gasteiger partial charge is 0.226 e. The lowest BCUT2D eigenvalue weighted by molar-refractivity contribution is -0.133. The summed E-state index contributed by atoms with van der Waals surface area (Å²) in [7, 11) is 2.15. The fourth-order valence-corrected chi connectivity index (χ4v) is 3.26. The summed E-state index contributed by atoms with van der Waals surface area (Å²) in [6.45, 7) is 7.26. The van der Waals surface area contributed by atoms with Gasteiger partial charge in [0.05, 0.1) is 5.41 Å². The summed E-state index contributed by atoms with van der Waals surface area (Å²) in [5.74, 6) is 0.940. The van der Waals surface area contributed by atoms with Gasteiger partial charge in [-0.2, -0.15) is 0 Å². The number of rotatable bonds is 4. The Morgan fingerprint density at radius 2 is 2.17 bits per heavy atom. The third-order valence-corrected chi connectivity index (χ3v) is 4.76. The van der Waals surface area contributed by atoms with Crippen molar-refractivity contribution in [1.29, 1.82) is 0 Å². The Kier molecular flexibility index (Phi) is 4.62. The molecule has 0 aromatic rings. The molecule has 1 atom stereocenters. The predicted octanol–water partition coefficient (Wildman–Crippen LogP) is 0.834. The second kappa shape index (κ2) is 6.02. The average molecular weight is 253 g/mol. The van der Waals surface area contributed by atoms with Crippen molar-refractivity contribution in [3.05, 3.63) is 0 Å². The minimum atomic E-state index is -0.101. The number of hydrogen-bond acceptors (Lipinski definition) is 3. The maximum atomic E-state index is 12.4. The van der Waals surface area contributed by atoms with E-state index in [9.17, 15) is 4.79 Å². The van der Waals surface area contributed by atoms with Crippen molar-refractivity contribution in [3.8, 4) is 0 Å². The Morgan fingerprint density at radius 3 is 2.72 bits per heavy atom. The van der Waals surface area contributed by atoms with Gasteiger partial charge in [0.1, 0.15) is 0 Å². The molecule has 2 aliphatic rings. The molecule has 0 radical (unpaired) electrons. The molecule has 2 rings (SSSR count). The van der Waals surface area contributed by atoms with Gasteiger partial charge in [-0.05, 0) is 58.3 Å². The van der Waals surface area contributed by atoms with E-state index >= 15 is 0 Å². The van der Waals surface area contributed by atoms with Crippen LogP contribution in [0.2, 0.25) is 0 Å². The lowest BCUT2D eigenvalue weighted by Crippen LogP contribution is -2.48. The zero-order valence-electron chi connectivity index (χ0n) is 11.8. The summed E-state index contributed by atoms with van der Waals surface area (Å²) in [5.41, 5.74) is -0.101. The van der Waals surface area contributed by atoms with E-state index in [-0.39, 0.29) is 5.41 Å². The molecule has 2 aliphatic heterocycles. The van der Waals surface area contributed by atoms with Crippen molar-refractivity contribution in [2.24, 2.45) is 11.3 Å². The number of amides is 1. The van der Waals surface area contributed by atoms with Crippen LogP contribution in [0.4, 0.5) is 0 Å². The first-order chi connectivity index (χ1) is 8.66. The molecule has 2 saturated heterocycles. The molecule has 1 unspecified atom stereocenters. The zero-order chi connectivity index (χ0) is 13.0. The molecular weight excluding hydrogens is 226 g/mol. The number of nitrogens with zero attached hydrogens (tertiary/aromatic N) is 1. The minimum absolute atomic E-state index is 0.101. The minimum Gasteiger partial charge on any atom is -0.355 e. The highest BCUT2D eigenvalue weighted by Crippen LogP contribution is 2.32. The highest BCUT2D eigenvalue weighted by atomic mass is 16.2. The van der Waals surface area contributed by atoms with Gasteiger partial charge in [-0.15, -0.1) is 0 Å². The van der Waals surface area contributed by atoms with Gasteiger partial charge < -0.3 is 15.5 Å². The summed E-state index contributed by atoms with van der Waals surface area (Å²) in [6.07, 6.45) is 4.16. The quantitative estimate of drug-likeness (QED) is 0.780. The van der Waals surface area contributed by atoms with Crippen molar-refractivity contribution in [2.75, 3.05) is 39.8 Å². The predicted molar refractivity (Wildman–Crippen MR) is 73.4 cm³/mol. The molecule has 1 amide bonds. The van der Waals surface area contributed by atoms with Crippen LogP contribution in [-0.4, -0.2) is 50.6 Å². The zero-order valence-corrected chi connectivity index (χ0v) is 11.8. The highest BCUT2D eigenvalue weighted by molar-refractivity contribution is 5.82. The molecular formula is C14H27N3O. The first-order valence-electron chi connectivity index (χ1n) is 7.34. The van der Waals surface area contributed by atoms with Gasteiger partial charge >= 0.3 is 0 Å². The van der Waals surface area contributed by atoms with Gasteiger partial charge in [0.15, 0.2) is 0 Å².